The maximum atomic E-state index is 13.0. The molecule has 2 fully saturated rings. The molecule has 3 heterocycles. The zero-order valence-corrected chi connectivity index (χ0v) is 18.0. The number of nitrogens with zero attached hydrogens (tertiary/aromatic N) is 5. The molecule has 1 aromatic carbocycles. The van der Waals surface area contributed by atoms with Crippen molar-refractivity contribution in [3.8, 4) is 0 Å². The minimum atomic E-state index is -0.360. The summed E-state index contributed by atoms with van der Waals surface area (Å²) in [5.74, 6) is 1.16. The first kappa shape index (κ1) is 20.4. The lowest BCUT2D eigenvalue weighted by Crippen LogP contribution is -2.49. The van der Waals surface area contributed by atoms with Crippen molar-refractivity contribution in [2.24, 2.45) is 7.05 Å². The van der Waals surface area contributed by atoms with Gasteiger partial charge in [-0.2, -0.15) is 0 Å². The first-order valence-corrected chi connectivity index (χ1v) is 10.7. The van der Waals surface area contributed by atoms with Gasteiger partial charge in [-0.25, -0.2) is 9.97 Å². The Hall–Kier alpha value is -3.46. The molecule has 1 aliphatic heterocycles. The molecular formula is C23H24N6O3. The molecule has 2 aliphatic rings. The molecule has 164 valence electrons. The maximum Gasteiger partial charge on any atom is 0.274 e. The van der Waals surface area contributed by atoms with Crippen LogP contribution in [0, 0.1) is 0 Å². The normalized spacial score (nSPS) is 16.9. The van der Waals surface area contributed by atoms with E-state index >= 15 is 0 Å². The van der Waals surface area contributed by atoms with E-state index in [1.54, 1.807) is 6.33 Å². The predicted octanol–water partition coefficient (Wildman–Crippen LogP) is 2.45. The fraction of sp³-hybridized carbons (Fsp3) is 0.391. The molecule has 1 N–H and O–H groups in total. The third kappa shape index (κ3) is 3.91. The lowest BCUT2D eigenvalue weighted by Gasteiger charge is -2.41. The van der Waals surface area contributed by atoms with Crippen LogP contribution in [0.25, 0.3) is 0 Å². The van der Waals surface area contributed by atoms with E-state index in [0.717, 1.165) is 24.2 Å². The van der Waals surface area contributed by atoms with Crippen LogP contribution in [0.1, 0.15) is 63.9 Å². The van der Waals surface area contributed by atoms with Gasteiger partial charge in [-0.1, -0.05) is 12.1 Å². The highest BCUT2D eigenvalue weighted by Crippen LogP contribution is 2.38. The number of Topliss-reactive ketones (excluding diaryl/α,β-unsaturated/α-hetero) is 1. The van der Waals surface area contributed by atoms with Crippen LogP contribution >= 0.6 is 0 Å². The number of carbonyl (C=O) groups is 2. The number of hydrogen-bond donors (Lipinski definition) is 1. The van der Waals surface area contributed by atoms with Crippen LogP contribution in [0.2, 0.25) is 0 Å². The van der Waals surface area contributed by atoms with Gasteiger partial charge in [0.15, 0.2) is 5.78 Å². The highest BCUT2D eigenvalue weighted by molar-refractivity contribution is 6.04. The molecule has 1 saturated heterocycles. The smallest absolute Gasteiger partial charge is 0.274 e. The number of anilines is 1. The number of aryl methyl sites for hydroxylation is 1. The quantitative estimate of drug-likeness (QED) is 0.571. The van der Waals surface area contributed by atoms with Gasteiger partial charge in [-0.05, 0) is 36.6 Å². The summed E-state index contributed by atoms with van der Waals surface area (Å²) >= 11 is 0. The molecule has 0 bridgehead atoms. The summed E-state index contributed by atoms with van der Waals surface area (Å²) in [6.07, 6.45) is 4.35. The van der Waals surface area contributed by atoms with E-state index in [4.69, 9.17) is 4.74 Å². The van der Waals surface area contributed by atoms with Crippen molar-refractivity contribution in [1.82, 2.24) is 24.7 Å². The summed E-state index contributed by atoms with van der Waals surface area (Å²) in [6, 6.07) is 9.22. The van der Waals surface area contributed by atoms with Crippen molar-refractivity contribution in [2.45, 2.75) is 37.5 Å². The van der Waals surface area contributed by atoms with Gasteiger partial charge >= 0.3 is 0 Å². The van der Waals surface area contributed by atoms with Crippen LogP contribution in [0.4, 0.5) is 5.69 Å². The van der Waals surface area contributed by atoms with Gasteiger partial charge in [0.2, 0.25) is 0 Å². The summed E-state index contributed by atoms with van der Waals surface area (Å²) in [7, 11) is 1.92. The van der Waals surface area contributed by atoms with Crippen LogP contribution in [0.15, 0.2) is 36.7 Å². The number of aromatic nitrogens is 5. The molecule has 2 aromatic heterocycles. The average molecular weight is 432 g/mol. The highest BCUT2D eigenvalue weighted by atomic mass is 16.5. The van der Waals surface area contributed by atoms with Gasteiger partial charge < -0.3 is 14.6 Å². The van der Waals surface area contributed by atoms with Crippen LogP contribution in [-0.4, -0.2) is 49.6 Å². The van der Waals surface area contributed by atoms with Crippen molar-refractivity contribution in [1.29, 1.82) is 0 Å². The molecule has 0 unspecified atom stereocenters. The number of benzene rings is 1. The Balaban J connectivity index is 1.39. The molecule has 0 spiro atoms. The van der Waals surface area contributed by atoms with Crippen LogP contribution in [0.3, 0.4) is 0 Å². The second-order valence-corrected chi connectivity index (χ2v) is 8.67. The number of ether oxygens (including phenoxy) is 1. The SMILES string of the molecule is CC(=O)c1cc(C(=O)Nc2cccc(C3(Cc4nncn4C)COC3)c2)nc(C2CC2)n1. The summed E-state index contributed by atoms with van der Waals surface area (Å²) < 4.78 is 7.46. The van der Waals surface area contributed by atoms with Crippen LogP contribution < -0.4 is 5.32 Å². The molecule has 9 heteroatoms. The first-order chi connectivity index (χ1) is 15.4. The van der Waals surface area contributed by atoms with Crippen molar-refractivity contribution in [2.75, 3.05) is 18.5 Å². The van der Waals surface area contributed by atoms with E-state index in [2.05, 4.69) is 25.5 Å². The van der Waals surface area contributed by atoms with Gasteiger partial charge in [-0.3, -0.25) is 9.59 Å². The zero-order valence-electron chi connectivity index (χ0n) is 18.0. The lowest BCUT2D eigenvalue weighted by atomic mass is 9.75. The van der Waals surface area contributed by atoms with Crippen LogP contribution in [-0.2, 0) is 23.6 Å². The average Bonchev–Trinajstić information content (AvgIpc) is 3.53. The number of nitrogens with one attached hydrogen (secondary N) is 1. The number of ketones is 1. The van der Waals surface area contributed by atoms with Crippen molar-refractivity contribution in [3.05, 3.63) is 65.3 Å². The van der Waals surface area contributed by atoms with E-state index in [-0.39, 0.29) is 34.4 Å². The van der Waals surface area contributed by atoms with Crippen molar-refractivity contribution in [3.63, 3.8) is 0 Å². The monoisotopic (exact) mass is 432 g/mol. The Morgan fingerprint density at radius 2 is 1.97 bits per heavy atom. The summed E-state index contributed by atoms with van der Waals surface area (Å²) in [5, 5.41) is 11.1. The Morgan fingerprint density at radius 1 is 1.19 bits per heavy atom. The lowest BCUT2D eigenvalue weighted by molar-refractivity contribution is -0.0610. The molecule has 32 heavy (non-hydrogen) atoms. The molecule has 0 radical (unpaired) electrons. The third-order valence-electron chi connectivity index (χ3n) is 6.07. The largest absolute Gasteiger partial charge is 0.379 e. The van der Waals surface area contributed by atoms with Gasteiger partial charge in [-0.15, -0.1) is 10.2 Å². The fourth-order valence-electron chi connectivity index (χ4n) is 3.90. The van der Waals surface area contributed by atoms with Gasteiger partial charge in [0.05, 0.1) is 13.2 Å². The number of amides is 1. The van der Waals surface area contributed by atoms with E-state index in [1.807, 2.05) is 35.9 Å². The number of rotatable bonds is 7. The zero-order chi connectivity index (χ0) is 22.3. The summed E-state index contributed by atoms with van der Waals surface area (Å²) in [5.41, 5.74) is 1.99. The molecule has 3 aromatic rings. The maximum absolute atomic E-state index is 13.0. The molecule has 1 saturated carbocycles. The van der Waals surface area contributed by atoms with E-state index in [0.29, 0.717) is 31.1 Å². The number of carbonyl (C=O) groups excluding carboxylic acids is 2. The molecule has 5 rings (SSSR count). The van der Waals surface area contributed by atoms with E-state index in [9.17, 15) is 9.59 Å². The Kier molecular flexibility index (Phi) is 5.05. The minimum Gasteiger partial charge on any atom is -0.379 e. The molecule has 9 nitrogen and oxygen atoms in total. The predicted molar refractivity (Wildman–Crippen MR) is 116 cm³/mol. The Labute approximate surface area is 185 Å². The van der Waals surface area contributed by atoms with Gasteiger partial charge in [0, 0.05) is 37.4 Å². The van der Waals surface area contributed by atoms with Crippen LogP contribution in [0.5, 0.6) is 0 Å². The first-order valence-electron chi connectivity index (χ1n) is 10.7. The van der Waals surface area contributed by atoms with Crippen molar-refractivity contribution >= 4 is 17.4 Å². The second-order valence-electron chi connectivity index (χ2n) is 8.67. The Morgan fingerprint density at radius 3 is 2.59 bits per heavy atom. The van der Waals surface area contributed by atoms with Gasteiger partial charge in [0.1, 0.15) is 29.4 Å². The fourth-order valence-corrected chi connectivity index (χ4v) is 3.90. The summed E-state index contributed by atoms with van der Waals surface area (Å²) in [6.45, 7) is 2.60. The highest BCUT2D eigenvalue weighted by Gasteiger charge is 2.41. The number of hydrogen-bond acceptors (Lipinski definition) is 7. The molecule has 0 atom stereocenters. The molecular weight excluding hydrogens is 408 g/mol. The second kappa shape index (κ2) is 7.90. The van der Waals surface area contributed by atoms with E-state index in [1.165, 1.54) is 13.0 Å². The third-order valence-corrected chi connectivity index (χ3v) is 6.07. The minimum absolute atomic E-state index is 0.180. The standard InChI is InChI=1S/C23H24N6O3/c1-14(30)18-9-19(27-21(26-18)15-6-7-15)22(31)25-17-5-3-4-16(8-17)23(11-32-12-23)10-20-28-24-13-29(20)2/h3-5,8-9,13,15H,6-7,10-12H2,1-2H3,(H,25,31). The Bertz CT molecular complexity index is 1200. The van der Waals surface area contributed by atoms with E-state index < -0.39 is 0 Å². The molecule has 1 amide bonds. The van der Waals surface area contributed by atoms with Gasteiger partial charge in [0.25, 0.3) is 5.91 Å². The summed E-state index contributed by atoms with van der Waals surface area (Å²) in [4.78, 5) is 33.6. The molecule has 1 aliphatic carbocycles. The van der Waals surface area contributed by atoms with Crippen molar-refractivity contribution < 1.29 is 14.3 Å². The topological polar surface area (TPSA) is 112 Å².